The summed E-state index contributed by atoms with van der Waals surface area (Å²) in [5.74, 6) is 0.671. The Labute approximate surface area is 162 Å². The van der Waals surface area contributed by atoms with Crippen molar-refractivity contribution in [3.05, 3.63) is 40.9 Å². The molecule has 0 aliphatic heterocycles. The van der Waals surface area contributed by atoms with Gasteiger partial charge in [0.25, 0.3) is 5.91 Å². The zero-order valence-corrected chi connectivity index (χ0v) is 16.3. The van der Waals surface area contributed by atoms with Crippen molar-refractivity contribution in [1.29, 1.82) is 0 Å². The van der Waals surface area contributed by atoms with E-state index in [4.69, 9.17) is 25.8 Å². The van der Waals surface area contributed by atoms with E-state index in [1.807, 2.05) is 0 Å². The molecule has 144 valence electrons. The summed E-state index contributed by atoms with van der Waals surface area (Å²) in [6.07, 6.45) is 0.309. The number of hydrogen-bond donors (Lipinski definition) is 2. The van der Waals surface area contributed by atoms with E-state index >= 15 is 0 Å². The van der Waals surface area contributed by atoms with Crippen LogP contribution in [0.5, 0.6) is 17.2 Å². The van der Waals surface area contributed by atoms with Gasteiger partial charge in [0.2, 0.25) is 5.91 Å². The number of rotatable bonds is 7. The third-order valence-corrected chi connectivity index (χ3v) is 4.03. The van der Waals surface area contributed by atoms with Crippen LogP contribution in [0.4, 0.5) is 11.4 Å². The Kier molecular flexibility index (Phi) is 6.90. The fourth-order valence-corrected chi connectivity index (χ4v) is 2.67. The summed E-state index contributed by atoms with van der Waals surface area (Å²) in [5, 5.41) is 5.76. The highest BCUT2D eigenvalue weighted by Crippen LogP contribution is 2.38. The molecule has 2 aromatic carbocycles. The molecule has 0 saturated heterocycles. The minimum Gasteiger partial charge on any atom is -0.495 e. The second-order valence-corrected chi connectivity index (χ2v) is 5.87. The molecule has 0 aliphatic carbocycles. The molecule has 8 heteroatoms. The summed E-state index contributed by atoms with van der Waals surface area (Å²) in [7, 11) is 4.44. The molecule has 0 bridgehead atoms. The molecule has 27 heavy (non-hydrogen) atoms. The summed E-state index contributed by atoms with van der Waals surface area (Å²) in [4.78, 5) is 24.3. The SMILES string of the molecule is CCC(=O)Nc1cc(C(=O)Nc2cc(Cl)c(OC)c(OC)c2)ccc1OC. The van der Waals surface area contributed by atoms with E-state index in [1.54, 1.807) is 37.3 Å². The van der Waals surface area contributed by atoms with Gasteiger partial charge in [0, 0.05) is 23.7 Å². The maximum Gasteiger partial charge on any atom is 0.255 e. The van der Waals surface area contributed by atoms with Crippen LogP contribution in [-0.4, -0.2) is 33.1 Å². The van der Waals surface area contributed by atoms with E-state index in [-0.39, 0.29) is 11.8 Å². The number of halogens is 1. The molecule has 0 atom stereocenters. The first-order chi connectivity index (χ1) is 12.9. The van der Waals surface area contributed by atoms with Crippen molar-refractivity contribution in [2.75, 3.05) is 32.0 Å². The van der Waals surface area contributed by atoms with Crippen LogP contribution in [0, 0.1) is 0 Å². The van der Waals surface area contributed by atoms with E-state index in [0.717, 1.165) is 0 Å². The van der Waals surface area contributed by atoms with Crippen molar-refractivity contribution >= 4 is 34.8 Å². The summed E-state index contributed by atoms with van der Waals surface area (Å²) >= 11 is 6.16. The van der Waals surface area contributed by atoms with Crippen molar-refractivity contribution in [2.45, 2.75) is 13.3 Å². The van der Waals surface area contributed by atoms with Crippen LogP contribution < -0.4 is 24.8 Å². The average Bonchev–Trinajstić information content (AvgIpc) is 2.67. The lowest BCUT2D eigenvalue weighted by molar-refractivity contribution is -0.115. The van der Waals surface area contributed by atoms with Gasteiger partial charge in [0.1, 0.15) is 5.75 Å². The van der Waals surface area contributed by atoms with E-state index < -0.39 is 0 Å². The van der Waals surface area contributed by atoms with Crippen molar-refractivity contribution in [3.8, 4) is 17.2 Å². The Morgan fingerprint density at radius 2 is 1.67 bits per heavy atom. The Bertz CT molecular complexity index is 854. The molecule has 0 spiro atoms. The Morgan fingerprint density at radius 3 is 2.26 bits per heavy atom. The zero-order chi connectivity index (χ0) is 20.0. The summed E-state index contributed by atoms with van der Waals surface area (Å²) in [5.41, 5.74) is 1.20. The highest BCUT2D eigenvalue weighted by molar-refractivity contribution is 6.32. The molecule has 2 N–H and O–H groups in total. The molecular weight excluding hydrogens is 372 g/mol. The molecule has 7 nitrogen and oxygen atoms in total. The molecule has 0 aliphatic rings. The number of anilines is 2. The van der Waals surface area contributed by atoms with Crippen LogP contribution in [0.1, 0.15) is 23.7 Å². The highest BCUT2D eigenvalue weighted by Gasteiger charge is 2.15. The summed E-state index contributed by atoms with van der Waals surface area (Å²) in [6, 6.07) is 7.92. The van der Waals surface area contributed by atoms with Gasteiger partial charge in [-0.25, -0.2) is 0 Å². The standard InChI is InChI=1S/C19H21ClN2O5/c1-5-17(23)22-14-8-11(6-7-15(14)25-2)19(24)21-12-9-13(20)18(27-4)16(10-12)26-3/h6-10H,5H2,1-4H3,(H,21,24)(H,22,23). The quantitative estimate of drug-likeness (QED) is 0.744. The highest BCUT2D eigenvalue weighted by atomic mass is 35.5. The van der Waals surface area contributed by atoms with E-state index in [2.05, 4.69) is 10.6 Å². The zero-order valence-electron chi connectivity index (χ0n) is 15.5. The molecule has 0 radical (unpaired) electrons. The largest absolute Gasteiger partial charge is 0.495 e. The molecule has 2 rings (SSSR count). The van der Waals surface area contributed by atoms with Crippen LogP contribution in [0.25, 0.3) is 0 Å². The first-order valence-electron chi connectivity index (χ1n) is 8.14. The monoisotopic (exact) mass is 392 g/mol. The Balaban J connectivity index is 2.29. The van der Waals surface area contributed by atoms with E-state index in [0.29, 0.717) is 45.6 Å². The number of ether oxygens (including phenoxy) is 3. The molecule has 0 aromatic heterocycles. The number of carbonyl (C=O) groups excluding carboxylic acids is 2. The lowest BCUT2D eigenvalue weighted by Crippen LogP contribution is -2.14. The van der Waals surface area contributed by atoms with Gasteiger partial charge in [-0.05, 0) is 24.3 Å². The van der Waals surface area contributed by atoms with Crippen molar-refractivity contribution in [1.82, 2.24) is 0 Å². The number of methoxy groups -OCH3 is 3. The predicted molar refractivity (Wildman–Crippen MR) is 104 cm³/mol. The van der Waals surface area contributed by atoms with Gasteiger partial charge in [0.15, 0.2) is 11.5 Å². The van der Waals surface area contributed by atoms with Crippen LogP contribution >= 0.6 is 11.6 Å². The van der Waals surface area contributed by atoms with Gasteiger partial charge in [-0.3, -0.25) is 9.59 Å². The fraction of sp³-hybridized carbons (Fsp3) is 0.263. The minimum atomic E-state index is -0.382. The van der Waals surface area contributed by atoms with Crippen LogP contribution in [0.3, 0.4) is 0 Å². The van der Waals surface area contributed by atoms with E-state index in [9.17, 15) is 9.59 Å². The van der Waals surface area contributed by atoms with Gasteiger partial charge in [-0.15, -0.1) is 0 Å². The molecule has 2 amide bonds. The summed E-state index contributed by atoms with van der Waals surface area (Å²) < 4.78 is 15.6. The first-order valence-corrected chi connectivity index (χ1v) is 8.52. The van der Waals surface area contributed by atoms with Crippen LogP contribution in [0.15, 0.2) is 30.3 Å². The number of benzene rings is 2. The van der Waals surface area contributed by atoms with Gasteiger partial charge in [-0.2, -0.15) is 0 Å². The van der Waals surface area contributed by atoms with Crippen molar-refractivity contribution in [2.24, 2.45) is 0 Å². The molecular formula is C19H21ClN2O5. The van der Waals surface area contributed by atoms with Crippen LogP contribution in [0.2, 0.25) is 5.02 Å². The minimum absolute atomic E-state index is 0.183. The number of nitrogens with one attached hydrogen (secondary N) is 2. The maximum atomic E-state index is 12.6. The van der Waals surface area contributed by atoms with Gasteiger partial charge in [0.05, 0.1) is 32.0 Å². The van der Waals surface area contributed by atoms with Crippen molar-refractivity contribution in [3.63, 3.8) is 0 Å². The third-order valence-electron chi connectivity index (χ3n) is 3.75. The van der Waals surface area contributed by atoms with Gasteiger partial charge >= 0.3 is 0 Å². The molecule has 0 fully saturated rings. The number of hydrogen-bond acceptors (Lipinski definition) is 5. The number of amides is 2. The summed E-state index contributed by atoms with van der Waals surface area (Å²) in [6.45, 7) is 1.74. The molecule has 2 aromatic rings. The lowest BCUT2D eigenvalue weighted by atomic mass is 10.1. The fourth-order valence-electron chi connectivity index (χ4n) is 2.38. The second-order valence-electron chi connectivity index (χ2n) is 5.46. The van der Waals surface area contributed by atoms with Gasteiger partial charge < -0.3 is 24.8 Å². The predicted octanol–water partition coefficient (Wildman–Crippen LogP) is 3.97. The van der Waals surface area contributed by atoms with Gasteiger partial charge in [-0.1, -0.05) is 18.5 Å². The number of carbonyl (C=O) groups is 2. The maximum absolute atomic E-state index is 12.6. The molecule has 0 saturated carbocycles. The Hall–Kier alpha value is -2.93. The topological polar surface area (TPSA) is 85.9 Å². The normalized spacial score (nSPS) is 10.1. The Morgan fingerprint density at radius 1 is 0.963 bits per heavy atom. The first kappa shape index (κ1) is 20.4. The molecule has 0 unspecified atom stereocenters. The lowest BCUT2D eigenvalue weighted by Gasteiger charge is -2.14. The molecule has 0 heterocycles. The average molecular weight is 393 g/mol. The second kappa shape index (κ2) is 9.14. The van der Waals surface area contributed by atoms with Crippen molar-refractivity contribution < 1.29 is 23.8 Å². The third kappa shape index (κ3) is 4.83. The smallest absolute Gasteiger partial charge is 0.255 e. The van der Waals surface area contributed by atoms with E-state index in [1.165, 1.54) is 21.3 Å². The van der Waals surface area contributed by atoms with Crippen LogP contribution in [-0.2, 0) is 4.79 Å².